The second-order valence-corrected chi connectivity index (χ2v) is 5.03. The molecule has 1 aromatic rings. The first-order valence-electron chi connectivity index (χ1n) is 6.60. The van der Waals surface area contributed by atoms with Gasteiger partial charge in [-0.1, -0.05) is 18.2 Å². The number of benzene rings is 1. The lowest BCUT2D eigenvalue weighted by molar-refractivity contribution is 0.305. The number of nitrogens with one attached hydrogen (secondary N) is 1. The summed E-state index contributed by atoms with van der Waals surface area (Å²) in [4.78, 5) is 0. The van der Waals surface area contributed by atoms with E-state index in [1.54, 1.807) is 0 Å². The van der Waals surface area contributed by atoms with Gasteiger partial charge in [-0.2, -0.15) is 5.26 Å². The Labute approximate surface area is 109 Å². The first-order chi connectivity index (χ1) is 8.85. The van der Waals surface area contributed by atoms with E-state index < -0.39 is 0 Å². The molecular weight excluding hydrogens is 224 g/mol. The van der Waals surface area contributed by atoms with Gasteiger partial charge in [0.25, 0.3) is 0 Å². The number of nitrogens with zero attached hydrogens (tertiary/aromatic N) is 1. The second kappa shape index (κ2) is 6.42. The van der Waals surface area contributed by atoms with Crippen LogP contribution in [0.3, 0.4) is 0 Å². The lowest BCUT2D eigenvalue weighted by Crippen LogP contribution is -2.25. The van der Waals surface area contributed by atoms with Gasteiger partial charge < -0.3 is 10.1 Å². The first kappa shape index (κ1) is 12.9. The highest BCUT2D eigenvalue weighted by molar-refractivity contribution is 5.20. The minimum atomic E-state index is 0.301. The summed E-state index contributed by atoms with van der Waals surface area (Å²) in [6, 6.07) is 12.2. The maximum Gasteiger partial charge on any atom is 0.119 e. The van der Waals surface area contributed by atoms with E-state index in [1.165, 1.54) is 12.8 Å². The van der Waals surface area contributed by atoms with Gasteiger partial charge in [0.15, 0.2) is 0 Å². The molecule has 0 aromatic heterocycles. The molecule has 3 nitrogen and oxygen atoms in total. The molecule has 1 aromatic carbocycles. The van der Waals surface area contributed by atoms with Gasteiger partial charge in [-0.3, -0.25) is 0 Å². The zero-order valence-electron chi connectivity index (χ0n) is 10.7. The van der Waals surface area contributed by atoms with Crippen LogP contribution in [0.4, 0.5) is 0 Å². The summed E-state index contributed by atoms with van der Waals surface area (Å²) in [5.74, 6) is 0.931. The molecule has 1 aliphatic carbocycles. The topological polar surface area (TPSA) is 45.0 Å². The van der Waals surface area contributed by atoms with Gasteiger partial charge in [-0.25, -0.2) is 0 Å². The van der Waals surface area contributed by atoms with Crippen LogP contribution in [0.2, 0.25) is 0 Å². The Kier molecular flexibility index (Phi) is 4.60. The van der Waals surface area contributed by atoms with E-state index in [-0.39, 0.29) is 0 Å². The molecule has 1 N–H and O–H groups in total. The van der Waals surface area contributed by atoms with E-state index >= 15 is 0 Å². The molecule has 0 heterocycles. The summed E-state index contributed by atoms with van der Waals surface area (Å²) in [7, 11) is 0. The highest BCUT2D eigenvalue weighted by Crippen LogP contribution is 2.47. The Morgan fingerprint density at radius 2 is 2.06 bits per heavy atom. The molecule has 1 fully saturated rings. The van der Waals surface area contributed by atoms with E-state index in [9.17, 15) is 0 Å². The molecule has 1 saturated carbocycles. The summed E-state index contributed by atoms with van der Waals surface area (Å²) >= 11 is 0. The molecule has 1 aliphatic rings. The molecule has 0 aliphatic heterocycles. The highest BCUT2D eigenvalue weighted by atomic mass is 16.5. The van der Waals surface area contributed by atoms with Gasteiger partial charge >= 0.3 is 0 Å². The number of ether oxygens (including phenoxy) is 1. The smallest absolute Gasteiger partial charge is 0.119 e. The largest absolute Gasteiger partial charge is 0.494 e. The normalized spacial score (nSPS) is 15.9. The average Bonchev–Trinajstić information content (AvgIpc) is 3.15. The third-order valence-corrected chi connectivity index (χ3v) is 3.42. The van der Waals surface area contributed by atoms with Gasteiger partial charge in [-0.05, 0) is 43.4 Å². The second-order valence-electron chi connectivity index (χ2n) is 5.03. The Hall–Kier alpha value is -1.53. The van der Waals surface area contributed by atoms with E-state index in [0.717, 1.165) is 31.9 Å². The van der Waals surface area contributed by atoms with Crippen LogP contribution in [0.5, 0.6) is 5.75 Å². The van der Waals surface area contributed by atoms with Gasteiger partial charge in [0.2, 0.25) is 0 Å². The minimum absolute atomic E-state index is 0.301. The summed E-state index contributed by atoms with van der Waals surface area (Å²) in [5, 5.41) is 12.1. The predicted molar refractivity (Wildman–Crippen MR) is 71.3 cm³/mol. The van der Waals surface area contributed by atoms with Crippen molar-refractivity contribution in [3.8, 4) is 11.8 Å². The molecule has 0 bridgehead atoms. The lowest BCUT2D eigenvalue weighted by atomic mass is 10.0. The van der Waals surface area contributed by atoms with Crippen molar-refractivity contribution in [1.29, 1.82) is 5.26 Å². The van der Waals surface area contributed by atoms with Crippen molar-refractivity contribution in [2.75, 3.05) is 19.7 Å². The quantitative estimate of drug-likeness (QED) is 0.715. The SMILES string of the molecule is N#CCC1(CNCCCOc2ccccc2)CC1. The van der Waals surface area contributed by atoms with Gasteiger partial charge in [0.05, 0.1) is 12.7 Å². The van der Waals surface area contributed by atoms with E-state index in [4.69, 9.17) is 10.00 Å². The van der Waals surface area contributed by atoms with E-state index in [2.05, 4.69) is 11.4 Å². The van der Waals surface area contributed by atoms with Gasteiger partial charge in [-0.15, -0.1) is 0 Å². The Balaban J connectivity index is 1.51. The van der Waals surface area contributed by atoms with Crippen LogP contribution < -0.4 is 10.1 Å². The monoisotopic (exact) mass is 244 g/mol. The van der Waals surface area contributed by atoms with Crippen molar-refractivity contribution in [2.24, 2.45) is 5.41 Å². The molecule has 0 unspecified atom stereocenters. The summed E-state index contributed by atoms with van der Waals surface area (Å²) in [5.41, 5.74) is 0.301. The summed E-state index contributed by atoms with van der Waals surface area (Å²) in [6.45, 7) is 2.67. The Bertz CT molecular complexity index is 393. The van der Waals surface area contributed by atoms with Crippen LogP contribution in [0.1, 0.15) is 25.7 Å². The standard InChI is InChI=1S/C15H20N2O/c16-10-9-15(7-8-15)13-17-11-4-12-18-14-5-2-1-3-6-14/h1-3,5-6,17H,4,7-9,11-13H2. The van der Waals surface area contributed by atoms with Crippen LogP contribution in [0.15, 0.2) is 30.3 Å². The fourth-order valence-corrected chi connectivity index (χ4v) is 2.02. The van der Waals surface area contributed by atoms with Crippen LogP contribution in [-0.2, 0) is 0 Å². The van der Waals surface area contributed by atoms with Crippen molar-refractivity contribution < 1.29 is 4.74 Å². The van der Waals surface area contributed by atoms with Crippen molar-refractivity contribution in [1.82, 2.24) is 5.32 Å². The summed E-state index contributed by atoms with van der Waals surface area (Å²) in [6.07, 6.45) is 4.10. The highest BCUT2D eigenvalue weighted by Gasteiger charge is 2.41. The number of para-hydroxylation sites is 1. The number of hydrogen-bond acceptors (Lipinski definition) is 3. The maximum absolute atomic E-state index is 8.71. The maximum atomic E-state index is 8.71. The van der Waals surface area contributed by atoms with Crippen molar-refractivity contribution in [2.45, 2.75) is 25.7 Å². The van der Waals surface area contributed by atoms with Crippen molar-refractivity contribution in [3.05, 3.63) is 30.3 Å². The van der Waals surface area contributed by atoms with Crippen LogP contribution >= 0.6 is 0 Å². The third-order valence-electron chi connectivity index (χ3n) is 3.42. The van der Waals surface area contributed by atoms with Gasteiger partial charge in [0, 0.05) is 13.0 Å². The Morgan fingerprint density at radius 3 is 2.72 bits per heavy atom. The fraction of sp³-hybridized carbons (Fsp3) is 0.533. The van der Waals surface area contributed by atoms with Crippen molar-refractivity contribution in [3.63, 3.8) is 0 Å². The zero-order valence-corrected chi connectivity index (χ0v) is 10.7. The van der Waals surface area contributed by atoms with Crippen LogP contribution in [0, 0.1) is 16.7 Å². The molecule has 0 atom stereocenters. The predicted octanol–water partition coefficient (Wildman–Crippen LogP) is 2.74. The fourth-order valence-electron chi connectivity index (χ4n) is 2.02. The van der Waals surface area contributed by atoms with Crippen LogP contribution in [-0.4, -0.2) is 19.7 Å². The number of nitriles is 1. The molecule has 3 heteroatoms. The Morgan fingerprint density at radius 1 is 1.28 bits per heavy atom. The third kappa shape index (κ3) is 4.05. The molecule has 96 valence electrons. The summed E-state index contributed by atoms with van der Waals surface area (Å²) < 4.78 is 5.61. The molecule has 18 heavy (non-hydrogen) atoms. The molecule has 2 rings (SSSR count). The molecule has 0 amide bonds. The molecule has 0 saturated heterocycles. The average molecular weight is 244 g/mol. The number of hydrogen-bond donors (Lipinski definition) is 1. The first-order valence-corrected chi connectivity index (χ1v) is 6.60. The lowest BCUT2D eigenvalue weighted by Gasteiger charge is -2.12. The molecule has 0 radical (unpaired) electrons. The van der Waals surface area contributed by atoms with E-state index in [1.807, 2.05) is 30.3 Å². The van der Waals surface area contributed by atoms with E-state index in [0.29, 0.717) is 11.8 Å². The molecular formula is C15H20N2O. The number of rotatable bonds is 8. The minimum Gasteiger partial charge on any atom is -0.494 e. The molecule has 0 spiro atoms. The van der Waals surface area contributed by atoms with Crippen molar-refractivity contribution >= 4 is 0 Å². The van der Waals surface area contributed by atoms with Gasteiger partial charge in [0.1, 0.15) is 5.75 Å². The van der Waals surface area contributed by atoms with Crippen LogP contribution in [0.25, 0.3) is 0 Å². The zero-order chi connectivity index (χ0) is 12.7.